The lowest BCUT2D eigenvalue weighted by atomic mass is 10.3. The number of benzene rings is 1. The first-order valence-corrected chi connectivity index (χ1v) is 9.37. The van der Waals surface area contributed by atoms with Crippen molar-refractivity contribution in [3.05, 3.63) is 51.1 Å². The fourth-order valence-electron chi connectivity index (χ4n) is 2.03. The van der Waals surface area contributed by atoms with Gasteiger partial charge in [0.2, 0.25) is 5.91 Å². The Labute approximate surface area is 177 Å². The predicted molar refractivity (Wildman–Crippen MR) is 120 cm³/mol. The Morgan fingerprint density at radius 1 is 1.16 bits per heavy atom. The molecule has 3 N–H and O–H groups in total. The molecule has 0 saturated carbocycles. The maximum Gasteiger partial charge on any atom is 0.226 e. The molecule has 25 heavy (non-hydrogen) atoms. The highest BCUT2D eigenvalue weighted by molar-refractivity contribution is 14.0. The van der Waals surface area contributed by atoms with Gasteiger partial charge in [0.15, 0.2) is 5.96 Å². The molecule has 0 atom stereocenters. The van der Waals surface area contributed by atoms with E-state index in [4.69, 9.17) is 0 Å². The molecular weight excluding hydrogens is 515 g/mol. The van der Waals surface area contributed by atoms with Gasteiger partial charge >= 0.3 is 0 Å². The molecule has 0 fully saturated rings. The average Bonchev–Trinajstić information content (AvgIpc) is 3.09. The quantitative estimate of drug-likeness (QED) is 0.286. The molecule has 0 saturated heterocycles. The molecule has 1 amide bonds. The van der Waals surface area contributed by atoms with Gasteiger partial charge in [0.05, 0.1) is 0 Å². The zero-order valence-electron chi connectivity index (χ0n) is 13.9. The summed E-state index contributed by atoms with van der Waals surface area (Å²) in [4.78, 5) is 17.4. The van der Waals surface area contributed by atoms with Gasteiger partial charge in [0.25, 0.3) is 0 Å². The van der Waals surface area contributed by atoms with Crippen LogP contribution in [0.2, 0.25) is 0 Å². The van der Waals surface area contributed by atoms with Gasteiger partial charge in [0.1, 0.15) is 0 Å². The maximum atomic E-state index is 11.9. The number of nitrogens with one attached hydrogen (secondary N) is 3. The molecule has 0 bridgehead atoms. The van der Waals surface area contributed by atoms with Gasteiger partial charge in [-0.25, -0.2) is 0 Å². The summed E-state index contributed by atoms with van der Waals surface area (Å²) in [6.07, 6.45) is 1.34. The van der Waals surface area contributed by atoms with Crippen molar-refractivity contribution in [2.75, 3.05) is 25.5 Å². The number of halogens is 2. The van der Waals surface area contributed by atoms with E-state index in [9.17, 15) is 4.79 Å². The van der Waals surface area contributed by atoms with Gasteiger partial charge in [-0.15, -0.1) is 35.3 Å². The highest BCUT2D eigenvalue weighted by atomic mass is 127. The van der Waals surface area contributed by atoms with Crippen LogP contribution in [0.3, 0.4) is 0 Å². The van der Waals surface area contributed by atoms with E-state index in [1.807, 2.05) is 24.3 Å². The lowest BCUT2D eigenvalue weighted by molar-refractivity contribution is -0.116. The number of guanidine groups is 1. The Morgan fingerprint density at radius 3 is 2.52 bits per heavy atom. The van der Waals surface area contributed by atoms with E-state index < -0.39 is 0 Å². The van der Waals surface area contributed by atoms with E-state index in [1.165, 1.54) is 4.88 Å². The maximum absolute atomic E-state index is 11.9. The van der Waals surface area contributed by atoms with Gasteiger partial charge in [-0.2, -0.15) is 0 Å². The van der Waals surface area contributed by atoms with Crippen LogP contribution in [0.25, 0.3) is 0 Å². The Balaban J connectivity index is 0.00000312. The van der Waals surface area contributed by atoms with Crippen molar-refractivity contribution in [2.45, 2.75) is 12.8 Å². The van der Waals surface area contributed by atoms with Crippen LogP contribution in [0.15, 0.2) is 51.2 Å². The molecular formula is C17H22BrIN4OS. The fourth-order valence-corrected chi connectivity index (χ4v) is 3.00. The van der Waals surface area contributed by atoms with E-state index in [1.54, 1.807) is 18.4 Å². The van der Waals surface area contributed by atoms with Crippen molar-refractivity contribution in [1.82, 2.24) is 10.6 Å². The molecule has 5 nitrogen and oxygen atoms in total. The number of hydrogen-bond donors (Lipinski definition) is 3. The molecule has 2 rings (SSSR count). The van der Waals surface area contributed by atoms with Gasteiger partial charge in [-0.3, -0.25) is 9.79 Å². The molecule has 1 heterocycles. The summed E-state index contributed by atoms with van der Waals surface area (Å²) >= 11 is 5.12. The van der Waals surface area contributed by atoms with Crippen LogP contribution < -0.4 is 16.0 Å². The summed E-state index contributed by atoms with van der Waals surface area (Å²) in [7, 11) is 1.72. The second kappa shape index (κ2) is 12.3. The standard InChI is InChI=1S/C17H21BrN4OS.HI/c1-19-17(20-10-8-15-3-2-12-24-15)21-11-9-16(23)22-14-6-4-13(18)5-7-14;/h2-7,12H,8-11H2,1H3,(H,22,23)(H2,19,20,21);1H. The average molecular weight is 537 g/mol. The number of thiophene rings is 1. The molecule has 8 heteroatoms. The van der Waals surface area contributed by atoms with Crippen molar-refractivity contribution >= 4 is 68.8 Å². The van der Waals surface area contributed by atoms with Crippen LogP contribution >= 0.6 is 51.2 Å². The Kier molecular flexibility index (Phi) is 10.7. The molecule has 0 radical (unpaired) electrons. The molecule has 1 aromatic heterocycles. The minimum absolute atomic E-state index is 0. The third kappa shape index (κ3) is 8.68. The summed E-state index contributed by atoms with van der Waals surface area (Å²) in [5, 5.41) is 11.3. The number of amides is 1. The summed E-state index contributed by atoms with van der Waals surface area (Å²) in [5.74, 6) is 0.682. The first-order valence-electron chi connectivity index (χ1n) is 7.69. The number of carbonyl (C=O) groups is 1. The summed E-state index contributed by atoms with van der Waals surface area (Å²) < 4.78 is 0.986. The topological polar surface area (TPSA) is 65.5 Å². The monoisotopic (exact) mass is 536 g/mol. The SMILES string of the molecule is CN=C(NCCC(=O)Nc1ccc(Br)cc1)NCCc1cccs1.I. The second-order valence-electron chi connectivity index (χ2n) is 5.06. The third-order valence-electron chi connectivity index (χ3n) is 3.24. The molecule has 0 aliphatic carbocycles. The molecule has 0 unspecified atom stereocenters. The van der Waals surface area contributed by atoms with Gasteiger partial charge in [0, 0.05) is 41.6 Å². The molecule has 1 aromatic carbocycles. The number of hydrogen-bond acceptors (Lipinski definition) is 3. The van der Waals surface area contributed by atoms with Crippen molar-refractivity contribution in [3.63, 3.8) is 0 Å². The lowest BCUT2D eigenvalue weighted by Gasteiger charge is -2.11. The van der Waals surface area contributed by atoms with Crippen molar-refractivity contribution in [1.29, 1.82) is 0 Å². The van der Waals surface area contributed by atoms with Crippen molar-refractivity contribution < 1.29 is 4.79 Å². The summed E-state index contributed by atoms with van der Waals surface area (Å²) in [5.41, 5.74) is 0.793. The molecule has 0 aliphatic rings. The van der Waals surface area contributed by atoms with E-state index >= 15 is 0 Å². The third-order valence-corrected chi connectivity index (χ3v) is 4.70. The summed E-state index contributed by atoms with van der Waals surface area (Å²) in [6.45, 7) is 1.34. The van der Waals surface area contributed by atoms with Crippen LogP contribution in [0.5, 0.6) is 0 Å². The van der Waals surface area contributed by atoms with Crippen molar-refractivity contribution in [2.24, 2.45) is 4.99 Å². The number of carbonyl (C=O) groups excluding carboxylic acids is 1. The smallest absolute Gasteiger partial charge is 0.226 e. The molecule has 2 aromatic rings. The first kappa shape index (κ1) is 21.9. The van der Waals surface area contributed by atoms with Gasteiger partial charge in [-0.05, 0) is 42.1 Å². The van der Waals surface area contributed by atoms with Crippen LogP contribution in [-0.4, -0.2) is 32.0 Å². The Bertz CT molecular complexity index is 662. The number of aliphatic imine (C=N–C) groups is 1. The minimum Gasteiger partial charge on any atom is -0.356 e. The normalized spacial score (nSPS) is 10.7. The Hall–Kier alpha value is -1.13. The number of anilines is 1. The van der Waals surface area contributed by atoms with Crippen molar-refractivity contribution in [3.8, 4) is 0 Å². The molecule has 0 spiro atoms. The van der Waals surface area contributed by atoms with Gasteiger partial charge in [-0.1, -0.05) is 22.0 Å². The zero-order chi connectivity index (χ0) is 17.2. The summed E-state index contributed by atoms with van der Waals surface area (Å²) in [6, 6.07) is 11.7. The largest absolute Gasteiger partial charge is 0.356 e. The highest BCUT2D eigenvalue weighted by Crippen LogP contribution is 2.14. The lowest BCUT2D eigenvalue weighted by Crippen LogP contribution is -2.39. The van der Waals surface area contributed by atoms with Crippen LogP contribution in [0.4, 0.5) is 5.69 Å². The van der Waals surface area contributed by atoms with E-state index in [2.05, 4.69) is 54.4 Å². The van der Waals surface area contributed by atoms with Crippen LogP contribution in [0.1, 0.15) is 11.3 Å². The molecule has 136 valence electrons. The van der Waals surface area contributed by atoms with Crippen LogP contribution in [0, 0.1) is 0 Å². The minimum atomic E-state index is -0.0288. The molecule has 0 aliphatic heterocycles. The Morgan fingerprint density at radius 2 is 1.88 bits per heavy atom. The number of rotatable bonds is 7. The van der Waals surface area contributed by atoms with E-state index in [0.29, 0.717) is 18.9 Å². The zero-order valence-corrected chi connectivity index (χ0v) is 18.7. The van der Waals surface area contributed by atoms with E-state index in [0.717, 1.165) is 23.1 Å². The van der Waals surface area contributed by atoms with Crippen LogP contribution in [-0.2, 0) is 11.2 Å². The number of nitrogens with zero attached hydrogens (tertiary/aromatic N) is 1. The van der Waals surface area contributed by atoms with Gasteiger partial charge < -0.3 is 16.0 Å². The fraction of sp³-hybridized carbons (Fsp3) is 0.294. The van der Waals surface area contributed by atoms with E-state index in [-0.39, 0.29) is 29.9 Å². The highest BCUT2D eigenvalue weighted by Gasteiger charge is 2.04. The first-order chi connectivity index (χ1) is 11.7. The second-order valence-corrected chi connectivity index (χ2v) is 7.01. The predicted octanol–water partition coefficient (Wildman–Crippen LogP) is 3.86.